The van der Waals surface area contributed by atoms with Gasteiger partial charge in [0, 0.05) is 23.9 Å². The van der Waals surface area contributed by atoms with Gasteiger partial charge in [0.15, 0.2) is 0 Å². The number of nitrogens with one attached hydrogen (secondary N) is 1. The highest BCUT2D eigenvalue weighted by Crippen LogP contribution is 2.31. The molecule has 0 aliphatic carbocycles. The molecule has 1 aromatic carbocycles. The monoisotopic (exact) mass is 357 g/mol. The van der Waals surface area contributed by atoms with Crippen LogP contribution in [0.1, 0.15) is 25.1 Å². The Hall–Kier alpha value is -2.18. The van der Waals surface area contributed by atoms with E-state index in [1.165, 1.54) is 4.88 Å². The zero-order valence-electron chi connectivity index (χ0n) is 14.6. The molecule has 25 heavy (non-hydrogen) atoms. The number of carbonyl (C=O) groups is 2. The van der Waals surface area contributed by atoms with Crippen LogP contribution in [0, 0.1) is 0 Å². The Bertz CT molecular complexity index is 745. The van der Waals surface area contributed by atoms with Gasteiger partial charge in [-0.1, -0.05) is 25.1 Å². The molecule has 1 aliphatic heterocycles. The molecule has 1 aliphatic rings. The first-order valence-electron chi connectivity index (χ1n) is 8.54. The van der Waals surface area contributed by atoms with Gasteiger partial charge in [0.25, 0.3) is 0 Å². The van der Waals surface area contributed by atoms with Crippen molar-refractivity contribution in [2.75, 3.05) is 23.3 Å². The number of carbonyl (C=O) groups excluding carboxylic acids is 2. The second-order valence-electron chi connectivity index (χ2n) is 6.26. The van der Waals surface area contributed by atoms with Crippen molar-refractivity contribution in [3.8, 4) is 0 Å². The van der Waals surface area contributed by atoms with Gasteiger partial charge < -0.3 is 10.2 Å². The molecule has 0 saturated heterocycles. The molecule has 6 heteroatoms. The normalized spacial score (nSPS) is 17.2. The van der Waals surface area contributed by atoms with E-state index in [4.69, 9.17) is 0 Å². The highest BCUT2D eigenvalue weighted by molar-refractivity contribution is 7.09. The molecule has 0 radical (unpaired) electrons. The fraction of sp³-hybridized carbons (Fsp3) is 0.368. The lowest BCUT2D eigenvalue weighted by Crippen LogP contribution is -2.44. The number of rotatable bonds is 5. The van der Waals surface area contributed by atoms with Gasteiger partial charge in [-0.05, 0) is 37.0 Å². The van der Waals surface area contributed by atoms with Crippen LogP contribution in [-0.4, -0.2) is 35.8 Å². The summed E-state index contributed by atoms with van der Waals surface area (Å²) in [5.74, 6) is -0.0314. The van der Waals surface area contributed by atoms with Gasteiger partial charge >= 0.3 is 0 Å². The molecule has 1 N–H and O–H groups in total. The maximum Gasteiger partial charge on any atom is 0.241 e. The minimum Gasteiger partial charge on any atom is -0.324 e. The van der Waals surface area contributed by atoms with Gasteiger partial charge in [0.05, 0.1) is 17.9 Å². The number of likely N-dealkylation sites (N-methyl/N-ethyl adjacent to an activating group) is 1. The van der Waals surface area contributed by atoms with Crippen molar-refractivity contribution in [3.05, 3.63) is 46.7 Å². The summed E-state index contributed by atoms with van der Waals surface area (Å²) in [5, 5.41) is 4.95. The summed E-state index contributed by atoms with van der Waals surface area (Å²) in [6.07, 6.45) is 0.303. The molecule has 1 aromatic heterocycles. The van der Waals surface area contributed by atoms with E-state index in [0.717, 1.165) is 18.8 Å². The molecule has 132 valence electrons. The van der Waals surface area contributed by atoms with Gasteiger partial charge in [-0.25, -0.2) is 0 Å². The van der Waals surface area contributed by atoms with Crippen LogP contribution in [0.25, 0.3) is 0 Å². The van der Waals surface area contributed by atoms with E-state index < -0.39 is 0 Å². The van der Waals surface area contributed by atoms with Crippen molar-refractivity contribution in [1.29, 1.82) is 0 Å². The number of benzene rings is 1. The summed E-state index contributed by atoms with van der Waals surface area (Å²) in [6, 6.07) is 11.4. The largest absolute Gasteiger partial charge is 0.324 e. The predicted octanol–water partition coefficient (Wildman–Crippen LogP) is 3.33. The summed E-state index contributed by atoms with van der Waals surface area (Å²) < 4.78 is 0. The molecule has 2 aromatic rings. The molecule has 1 unspecified atom stereocenters. The summed E-state index contributed by atoms with van der Waals surface area (Å²) in [6.45, 7) is 5.88. The van der Waals surface area contributed by atoms with Crippen LogP contribution in [-0.2, 0) is 16.1 Å². The lowest BCUT2D eigenvalue weighted by atomic mass is 10.1. The Morgan fingerprint density at radius 1 is 1.32 bits per heavy atom. The molecule has 3 rings (SSSR count). The summed E-state index contributed by atoms with van der Waals surface area (Å²) in [7, 11) is 0. The Labute approximate surface area is 152 Å². The van der Waals surface area contributed by atoms with Crippen LogP contribution in [0.4, 0.5) is 11.4 Å². The molecular weight excluding hydrogens is 334 g/mol. The third-order valence-electron chi connectivity index (χ3n) is 4.39. The smallest absolute Gasteiger partial charge is 0.241 e. The van der Waals surface area contributed by atoms with Crippen molar-refractivity contribution >= 4 is 34.5 Å². The number of anilines is 2. The Morgan fingerprint density at radius 3 is 2.84 bits per heavy atom. The van der Waals surface area contributed by atoms with E-state index in [-0.39, 0.29) is 17.9 Å². The Balaban J connectivity index is 1.80. The number of hydrogen-bond donors (Lipinski definition) is 1. The molecule has 1 atom stereocenters. The van der Waals surface area contributed by atoms with E-state index in [1.54, 1.807) is 16.2 Å². The zero-order valence-corrected chi connectivity index (χ0v) is 15.4. The quantitative estimate of drug-likeness (QED) is 0.893. The SMILES string of the molecule is CCN(CC(=O)N1c2ccccc2NC(=O)CC1C)Cc1cccs1. The summed E-state index contributed by atoms with van der Waals surface area (Å²) >= 11 is 1.70. The summed E-state index contributed by atoms with van der Waals surface area (Å²) in [4.78, 5) is 30.3. The van der Waals surface area contributed by atoms with Crippen LogP contribution in [0.15, 0.2) is 41.8 Å². The van der Waals surface area contributed by atoms with E-state index in [2.05, 4.69) is 28.6 Å². The summed E-state index contributed by atoms with van der Waals surface area (Å²) in [5.41, 5.74) is 1.48. The molecular formula is C19H23N3O2S. The molecule has 2 amide bonds. The molecule has 0 saturated carbocycles. The lowest BCUT2D eigenvalue weighted by Gasteiger charge is -2.30. The van der Waals surface area contributed by atoms with Gasteiger partial charge in [-0.15, -0.1) is 11.3 Å². The molecule has 0 bridgehead atoms. The van der Waals surface area contributed by atoms with Crippen molar-refractivity contribution < 1.29 is 9.59 Å². The van der Waals surface area contributed by atoms with E-state index >= 15 is 0 Å². The number of amides is 2. The minimum atomic E-state index is -0.170. The van der Waals surface area contributed by atoms with Gasteiger partial charge in [0.1, 0.15) is 0 Å². The van der Waals surface area contributed by atoms with Crippen molar-refractivity contribution in [2.45, 2.75) is 32.9 Å². The fourth-order valence-electron chi connectivity index (χ4n) is 3.14. The second-order valence-corrected chi connectivity index (χ2v) is 7.30. The van der Waals surface area contributed by atoms with Gasteiger partial charge in [-0.2, -0.15) is 0 Å². The number of fused-ring (bicyclic) bond motifs is 1. The highest BCUT2D eigenvalue weighted by atomic mass is 32.1. The second kappa shape index (κ2) is 7.80. The first-order valence-corrected chi connectivity index (χ1v) is 9.42. The standard InChI is InChI=1S/C19H23N3O2S/c1-3-21(12-15-7-6-10-25-15)13-19(24)22-14(2)11-18(23)20-16-8-4-5-9-17(16)22/h4-10,14H,3,11-13H2,1-2H3,(H,20,23). The van der Waals surface area contributed by atoms with Crippen molar-refractivity contribution in [1.82, 2.24) is 4.90 Å². The lowest BCUT2D eigenvalue weighted by molar-refractivity contribution is -0.120. The number of para-hydroxylation sites is 2. The van der Waals surface area contributed by atoms with Crippen LogP contribution >= 0.6 is 11.3 Å². The highest BCUT2D eigenvalue weighted by Gasteiger charge is 2.30. The van der Waals surface area contributed by atoms with Crippen LogP contribution < -0.4 is 10.2 Å². The zero-order chi connectivity index (χ0) is 17.8. The van der Waals surface area contributed by atoms with Crippen LogP contribution in [0.3, 0.4) is 0 Å². The maximum absolute atomic E-state index is 13.1. The average molecular weight is 357 g/mol. The molecule has 2 heterocycles. The third kappa shape index (κ3) is 4.08. The van der Waals surface area contributed by atoms with E-state index in [9.17, 15) is 9.59 Å². The number of hydrogen-bond acceptors (Lipinski definition) is 4. The van der Waals surface area contributed by atoms with Gasteiger partial charge in [-0.3, -0.25) is 14.5 Å². The molecule has 0 fully saturated rings. The number of thiophene rings is 1. The van der Waals surface area contributed by atoms with Gasteiger partial charge in [0.2, 0.25) is 11.8 Å². The fourth-order valence-corrected chi connectivity index (χ4v) is 3.88. The van der Waals surface area contributed by atoms with Crippen LogP contribution in [0.5, 0.6) is 0 Å². The predicted molar refractivity (Wildman–Crippen MR) is 102 cm³/mol. The van der Waals surface area contributed by atoms with E-state index in [1.807, 2.05) is 37.3 Å². The van der Waals surface area contributed by atoms with E-state index in [0.29, 0.717) is 18.7 Å². The van der Waals surface area contributed by atoms with Crippen molar-refractivity contribution in [3.63, 3.8) is 0 Å². The van der Waals surface area contributed by atoms with Crippen molar-refractivity contribution in [2.24, 2.45) is 0 Å². The minimum absolute atomic E-state index is 0.0230. The average Bonchev–Trinajstić information content (AvgIpc) is 3.04. The van der Waals surface area contributed by atoms with Crippen LogP contribution in [0.2, 0.25) is 0 Å². The Morgan fingerprint density at radius 2 is 2.12 bits per heavy atom. The Kier molecular flexibility index (Phi) is 5.50. The number of nitrogens with zero attached hydrogens (tertiary/aromatic N) is 2. The third-order valence-corrected chi connectivity index (χ3v) is 5.25. The molecule has 0 spiro atoms. The maximum atomic E-state index is 13.1. The first-order chi connectivity index (χ1) is 12.1. The molecule has 5 nitrogen and oxygen atoms in total. The first kappa shape index (κ1) is 17.6. The topological polar surface area (TPSA) is 52.7 Å².